The van der Waals surface area contributed by atoms with E-state index in [-0.39, 0.29) is 17.6 Å². The van der Waals surface area contributed by atoms with Gasteiger partial charge in [-0.05, 0) is 24.6 Å². The number of rotatable bonds is 4. The van der Waals surface area contributed by atoms with Crippen LogP contribution in [-0.2, 0) is 7.05 Å². The van der Waals surface area contributed by atoms with E-state index in [9.17, 15) is 4.79 Å². The van der Waals surface area contributed by atoms with Crippen molar-refractivity contribution in [2.75, 3.05) is 12.8 Å². The number of methoxy groups -OCH3 is 1. The smallest absolute Gasteiger partial charge is 0.274 e. The molecular weight excluding hydrogens is 256 g/mol. The van der Waals surface area contributed by atoms with Gasteiger partial charge in [-0.15, -0.1) is 0 Å². The summed E-state index contributed by atoms with van der Waals surface area (Å²) in [7, 11) is 3.34. The third-order valence-corrected chi connectivity index (χ3v) is 3.04. The van der Waals surface area contributed by atoms with Crippen molar-refractivity contribution in [1.82, 2.24) is 15.1 Å². The molecule has 0 fully saturated rings. The van der Waals surface area contributed by atoms with Crippen molar-refractivity contribution in [2.45, 2.75) is 13.0 Å². The fourth-order valence-corrected chi connectivity index (χ4v) is 1.92. The van der Waals surface area contributed by atoms with E-state index < -0.39 is 0 Å². The van der Waals surface area contributed by atoms with E-state index in [1.54, 1.807) is 20.4 Å². The molecular formula is C14H18N4O2. The lowest BCUT2D eigenvalue weighted by Crippen LogP contribution is -2.27. The average molecular weight is 274 g/mol. The van der Waals surface area contributed by atoms with Gasteiger partial charge in [-0.2, -0.15) is 5.10 Å². The minimum atomic E-state index is -0.286. The third-order valence-electron chi connectivity index (χ3n) is 3.04. The molecule has 0 aliphatic rings. The van der Waals surface area contributed by atoms with Gasteiger partial charge in [-0.25, -0.2) is 0 Å². The van der Waals surface area contributed by atoms with Crippen LogP contribution in [0.25, 0.3) is 0 Å². The van der Waals surface area contributed by atoms with Crippen molar-refractivity contribution < 1.29 is 9.53 Å². The van der Waals surface area contributed by atoms with Crippen molar-refractivity contribution in [1.29, 1.82) is 0 Å². The molecule has 1 amide bonds. The summed E-state index contributed by atoms with van der Waals surface area (Å²) in [6.45, 7) is 1.90. The maximum Gasteiger partial charge on any atom is 0.274 e. The molecule has 1 unspecified atom stereocenters. The lowest BCUT2D eigenvalue weighted by Gasteiger charge is -2.14. The Morgan fingerprint density at radius 3 is 2.55 bits per heavy atom. The number of benzene rings is 1. The Kier molecular flexibility index (Phi) is 3.93. The molecule has 1 heterocycles. The maximum absolute atomic E-state index is 12.1. The second-order valence-electron chi connectivity index (χ2n) is 4.58. The van der Waals surface area contributed by atoms with Crippen molar-refractivity contribution in [3.63, 3.8) is 0 Å². The summed E-state index contributed by atoms with van der Waals surface area (Å²) in [6.07, 6.45) is 1.60. The van der Waals surface area contributed by atoms with Gasteiger partial charge in [0.15, 0.2) is 5.69 Å². The first-order valence-electron chi connectivity index (χ1n) is 6.25. The lowest BCUT2D eigenvalue weighted by atomic mass is 10.1. The van der Waals surface area contributed by atoms with Crippen LogP contribution in [0.4, 0.5) is 5.69 Å². The summed E-state index contributed by atoms with van der Waals surface area (Å²) in [5, 5.41) is 6.91. The van der Waals surface area contributed by atoms with Crippen molar-refractivity contribution in [2.24, 2.45) is 7.05 Å². The summed E-state index contributed by atoms with van der Waals surface area (Å²) in [4.78, 5) is 12.1. The van der Waals surface area contributed by atoms with Crippen molar-refractivity contribution in [3.05, 3.63) is 41.7 Å². The number of hydrogen-bond acceptors (Lipinski definition) is 4. The van der Waals surface area contributed by atoms with Crippen molar-refractivity contribution in [3.8, 4) is 5.75 Å². The zero-order chi connectivity index (χ0) is 14.7. The summed E-state index contributed by atoms with van der Waals surface area (Å²) < 4.78 is 6.62. The van der Waals surface area contributed by atoms with Crippen molar-refractivity contribution >= 4 is 11.6 Å². The largest absolute Gasteiger partial charge is 0.497 e. The van der Waals surface area contributed by atoms with Crippen LogP contribution < -0.4 is 15.8 Å². The molecule has 0 bridgehead atoms. The van der Waals surface area contributed by atoms with Gasteiger partial charge in [0.05, 0.1) is 18.8 Å². The number of nitrogen functional groups attached to an aromatic ring is 1. The number of nitrogens with two attached hydrogens (primary N) is 1. The van der Waals surface area contributed by atoms with Gasteiger partial charge in [-0.3, -0.25) is 9.48 Å². The Labute approximate surface area is 117 Å². The predicted octanol–water partition coefficient (Wildman–Crippen LogP) is 1.50. The molecule has 106 valence electrons. The van der Waals surface area contributed by atoms with Gasteiger partial charge in [0.1, 0.15) is 5.75 Å². The average Bonchev–Trinajstić information content (AvgIpc) is 2.78. The number of hydrogen-bond donors (Lipinski definition) is 2. The van der Waals surface area contributed by atoms with E-state index in [0.29, 0.717) is 5.69 Å². The number of nitrogens with one attached hydrogen (secondary N) is 1. The molecule has 6 nitrogen and oxygen atoms in total. The van der Waals surface area contributed by atoms with Crippen LogP contribution in [0.15, 0.2) is 30.5 Å². The van der Waals surface area contributed by atoms with E-state index in [0.717, 1.165) is 11.3 Å². The number of nitrogens with zero attached hydrogens (tertiary/aromatic N) is 2. The zero-order valence-electron chi connectivity index (χ0n) is 11.8. The van der Waals surface area contributed by atoms with E-state index in [4.69, 9.17) is 10.5 Å². The predicted molar refractivity (Wildman–Crippen MR) is 76.5 cm³/mol. The normalized spacial score (nSPS) is 11.9. The third kappa shape index (κ3) is 2.90. The Morgan fingerprint density at radius 2 is 2.05 bits per heavy atom. The molecule has 2 aromatic rings. The summed E-state index contributed by atoms with van der Waals surface area (Å²) in [5.74, 6) is 0.493. The van der Waals surface area contributed by atoms with Gasteiger partial charge in [0.2, 0.25) is 0 Å². The highest BCUT2D eigenvalue weighted by atomic mass is 16.5. The monoisotopic (exact) mass is 274 g/mol. The van der Waals surface area contributed by atoms with Gasteiger partial charge in [-0.1, -0.05) is 12.1 Å². The molecule has 0 aliphatic carbocycles. The lowest BCUT2D eigenvalue weighted by molar-refractivity contribution is 0.0935. The molecule has 2 rings (SSSR count). The zero-order valence-corrected chi connectivity index (χ0v) is 11.8. The van der Waals surface area contributed by atoms with Gasteiger partial charge in [0, 0.05) is 13.2 Å². The highest BCUT2D eigenvalue weighted by Gasteiger charge is 2.16. The molecule has 6 heteroatoms. The standard InChI is InChI=1S/C14H18N4O2/c1-9(10-4-6-11(20-3)7-5-10)16-14(19)13-12(15)8-18(2)17-13/h4-9H,15H2,1-3H3,(H,16,19). The quantitative estimate of drug-likeness (QED) is 0.885. The van der Waals surface area contributed by atoms with Crippen LogP contribution in [0.3, 0.4) is 0 Å². The SMILES string of the molecule is COc1ccc(C(C)NC(=O)c2nn(C)cc2N)cc1. The van der Waals surface area contributed by atoms with Gasteiger partial charge >= 0.3 is 0 Å². The molecule has 0 spiro atoms. The fourth-order valence-electron chi connectivity index (χ4n) is 1.92. The Hall–Kier alpha value is -2.50. The number of ether oxygens (including phenoxy) is 1. The first-order valence-corrected chi connectivity index (χ1v) is 6.25. The Balaban J connectivity index is 2.08. The van der Waals surface area contributed by atoms with E-state index in [1.807, 2.05) is 31.2 Å². The second kappa shape index (κ2) is 5.64. The van der Waals surface area contributed by atoms with Gasteiger partial charge < -0.3 is 15.8 Å². The van der Waals surface area contributed by atoms with Crippen LogP contribution in [0.1, 0.15) is 29.0 Å². The molecule has 0 saturated carbocycles. The number of carbonyl (C=O) groups excluding carboxylic acids is 1. The Morgan fingerprint density at radius 1 is 1.40 bits per heavy atom. The van der Waals surface area contributed by atoms with Gasteiger partial charge in [0.25, 0.3) is 5.91 Å². The molecule has 0 saturated heterocycles. The second-order valence-corrected chi connectivity index (χ2v) is 4.58. The van der Waals surface area contributed by atoms with E-state index in [2.05, 4.69) is 10.4 Å². The number of aryl methyl sites for hydroxylation is 1. The first kappa shape index (κ1) is 13.9. The number of amides is 1. The van der Waals surface area contributed by atoms with Crippen LogP contribution in [-0.4, -0.2) is 22.8 Å². The fraction of sp³-hybridized carbons (Fsp3) is 0.286. The summed E-state index contributed by atoms with van der Waals surface area (Å²) in [6, 6.07) is 7.38. The molecule has 1 atom stereocenters. The maximum atomic E-state index is 12.1. The van der Waals surface area contributed by atoms with Crippen LogP contribution in [0.5, 0.6) is 5.75 Å². The number of aromatic nitrogens is 2. The highest BCUT2D eigenvalue weighted by molar-refractivity contribution is 5.97. The minimum Gasteiger partial charge on any atom is -0.497 e. The summed E-state index contributed by atoms with van der Waals surface area (Å²) in [5.41, 5.74) is 7.33. The molecule has 20 heavy (non-hydrogen) atoms. The molecule has 1 aromatic carbocycles. The van der Waals surface area contributed by atoms with Crippen LogP contribution in [0, 0.1) is 0 Å². The van der Waals surface area contributed by atoms with Crippen LogP contribution in [0.2, 0.25) is 0 Å². The first-order chi connectivity index (χ1) is 9.51. The van der Waals surface area contributed by atoms with E-state index in [1.165, 1.54) is 4.68 Å². The molecule has 1 aromatic heterocycles. The number of anilines is 1. The molecule has 3 N–H and O–H groups in total. The van der Waals surface area contributed by atoms with E-state index >= 15 is 0 Å². The summed E-state index contributed by atoms with van der Waals surface area (Å²) >= 11 is 0. The minimum absolute atomic E-state index is 0.144. The highest BCUT2D eigenvalue weighted by Crippen LogP contribution is 2.18. The number of carbonyl (C=O) groups is 1. The topological polar surface area (TPSA) is 82.2 Å². The molecule has 0 aliphatic heterocycles. The van der Waals surface area contributed by atoms with Crippen LogP contribution >= 0.6 is 0 Å². The molecule has 0 radical (unpaired) electrons. The Bertz CT molecular complexity index is 604.